The van der Waals surface area contributed by atoms with Crippen LogP contribution in [0, 0.1) is 5.82 Å². The Hall–Kier alpha value is -4.57. The molecule has 3 rings (SSSR count). The van der Waals surface area contributed by atoms with Crippen LogP contribution < -0.4 is 9.47 Å². The molecule has 0 aliphatic carbocycles. The molecule has 3 aromatic rings. The number of benzene rings is 3. The van der Waals surface area contributed by atoms with E-state index in [1.165, 1.54) is 6.07 Å². The van der Waals surface area contributed by atoms with Crippen molar-refractivity contribution >= 4 is 11.9 Å². The first-order chi connectivity index (χ1) is 21.0. The minimum absolute atomic E-state index is 0.0700. The van der Waals surface area contributed by atoms with Crippen LogP contribution in [0.15, 0.2) is 97.1 Å². The Morgan fingerprint density at radius 2 is 1.43 bits per heavy atom. The van der Waals surface area contributed by atoms with Crippen LogP contribution in [0.3, 0.4) is 0 Å². The number of rotatable bonds is 16. The summed E-state index contributed by atoms with van der Waals surface area (Å²) in [5, 5.41) is 9.81. The first-order valence-electron chi connectivity index (χ1n) is 13.9. The lowest BCUT2D eigenvalue weighted by Crippen LogP contribution is -2.17. The van der Waals surface area contributed by atoms with Gasteiger partial charge in [-0.2, -0.15) is 0 Å². The zero-order chi connectivity index (χ0) is 32.2. The Morgan fingerprint density at radius 3 is 2.07 bits per heavy atom. The fraction of sp³-hybridized carbons (Fsp3) is 0.257. The van der Waals surface area contributed by atoms with Crippen LogP contribution in [-0.4, -0.2) is 49.8 Å². The van der Waals surface area contributed by atoms with E-state index in [1.807, 2.05) is 12.1 Å². The Morgan fingerprint density at radius 1 is 0.795 bits per heavy atom. The van der Waals surface area contributed by atoms with Gasteiger partial charge in [0.15, 0.2) is 6.29 Å². The van der Waals surface area contributed by atoms with E-state index in [0.717, 1.165) is 0 Å². The highest BCUT2D eigenvalue weighted by molar-refractivity contribution is 5.89. The lowest BCUT2D eigenvalue weighted by Gasteiger charge is -2.16. The fourth-order valence-corrected chi connectivity index (χ4v) is 3.77. The Bertz CT molecular complexity index is 1510. The minimum atomic E-state index is -1.10. The van der Waals surface area contributed by atoms with Crippen LogP contribution in [0.1, 0.15) is 26.3 Å². The molecule has 44 heavy (non-hydrogen) atoms. The van der Waals surface area contributed by atoms with Crippen molar-refractivity contribution < 1.29 is 42.8 Å². The van der Waals surface area contributed by atoms with Crippen molar-refractivity contribution in [2.75, 3.05) is 26.4 Å². The molecule has 0 aromatic heterocycles. The maximum Gasteiger partial charge on any atom is 0.338 e. The van der Waals surface area contributed by atoms with Crippen LogP contribution in [0.25, 0.3) is 22.3 Å². The average Bonchev–Trinajstić information content (AvgIpc) is 2.99. The van der Waals surface area contributed by atoms with E-state index in [9.17, 15) is 14.7 Å². The van der Waals surface area contributed by atoms with Gasteiger partial charge in [-0.05, 0) is 67.3 Å². The molecule has 3 aromatic carbocycles. The summed E-state index contributed by atoms with van der Waals surface area (Å²) in [6.45, 7) is 16.2. The molecule has 0 bridgehead atoms. The molecule has 0 aliphatic heterocycles. The summed E-state index contributed by atoms with van der Waals surface area (Å²) in [5.41, 5.74) is 4.09. The number of carbonyl (C=O) groups excluding carboxylic acids is 2. The van der Waals surface area contributed by atoms with Crippen LogP contribution >= 0.6 is 0 Å². The number of aliphatic hydroxyl groups is 1. The largest absolute Gasteiger partial charge is 0.491 e. The highest BCUT2D eigenvalue weighted by Gasteiger charge is 2.13. The molecule has 0 amide bonds. The second kappa shape index (κ2) is 16.3. The Labute approximate surface area is 257 Å². The second-order valence-electron chi connectivity index (χ2n) is 10.1. The van der Waals surface area contributed by atoms with Crippen molar-refractivity contribution in [2.24, 2.45) is 0 Å². The minimum Gasteiger partial charge on any atom is -0.491 e. The van der Waals surface area contributed by atoms with Crippen LogP contribution in [0.2, 0.25) is 0 Å². The van der Waals surface area contributed by atoms with Gasteiger partial charge in [-0.3, -0.25) is 0 Å². The third-order valence-corrected chi connectivity index (χ3v) is 6.20. The maximum atomic E-state index is 15.3. The molecule has 0 heterocycles. The van der Waals surface area contributed by atoms with Gasteiger partial charge in [-0.25, -0.2) is 14.0 Å². The Kier molecular flexibility index (Phi) is 12.6. The van der Waals surface area contributed by atoms with Gasteiger partial charge >= 0.3 is 11.9 Å². The van der Waals surface area contributed by atoms with Gasteiger partial charge in [0.2, 0.25) is 0 Å². The highest BCUT2D eigenvalue weighted by Crippen LogP contribution is 2.32. The summed E-state index contributed by atoms with van der Waals surface area (Å²) >= 11 is 0. The topological polar surface area (TPSA) is 101 Å². The summed E-state index contributed by atoms with van der Waals surface area (Å²) in [5.74, 6) is -0.633. The maximum absolute atomic E-state index is 15.3. The molecular formula is C35H37FO8. The number of aliphatic hydroxyl groups excluding tert-OH is 1. The zero-order valence-corrected chi connectivity index (χ0v) is 25.2. The monoisotopic (exact) mass is 604 g/mol. The average molecular weight is 605 g/mol. The number of ether oxygens (including phenoxy) is 5. The molecule has 1 atom stereocenters. The van der Waals surface area contributed by atoms with E-state index < -0.39 is 24.0 Å². The second-order valence-corrected chi connectivity index (χ2v) is 10.1. The van der Waals surface area contributed by atoms with Gasteiger partial charge in [0.25, 0.3) is 0 Å². The molecule has 0 radical (unpaired) electrons. The van der Waals surface area contributed by atoms with E-state index in [1.54, 1.807) is 63.2 Å². The first-order valence-corrected chi connectivity index (χ1v) is 13.9. The number of hydrogen-bond acceptors (Lipinski definition) is 8. The number of hydrogen-bond donors (Lipinski definition) is 1. The molecule has 232 valence electrons. The van der Waals surface area contributed by atoms with E-state index in [2.05, 4.69) is 19.7 Å². The van der Waals surface area contributed by atoms with Crippen molar-refractivity contribution in [2.45, 2.75) is 33.7 Å². The molecule has 0 aliphatic rings. The van der Waals surface area contributed by atoms with E-state index >= 15 is 4.39 Å². The third kappa shape index (κ3) is 10.0. The van der Waals surface area contributed by atoms with Gasteiger partial charge in [0, 0.05) is 22.3 Å². The molecule has 0 spiro atoms. The molecule has 0 saturated heterocycles. The van der Waals surface area contributed by atoms with E-state index in [-0.39, 0.29) is 38.6 Å². The van der Waals surface area contributed by atoms with E-state index in [0.29, 0.717) is 50.5 Å². The Balaban J connectivity index is 1.75. The van der Waals surface area contributed by atoms with Crippen LogP contribution in [-0.2, 0) is 30.4 Å². The summed E-state index contributed by atoms with van der Waals surface area (Å²) in [6.07, 6.45) is -1.10. The van der Waals surface area contributed by atoms with Crippen molar-refractivity contribution in [1.29, 1.82) is 0 Å². The lowest BCUT2D eigenvalue weighted by molar-refractivity contribution is -0.140. The number of halogens is 1. The van der Waals surface area contributed by atoms with Crippen molar-refractivity contribution in [1.82, 2.24) is 0 Å². The van der Waals surface area contributed by atoms with E-state index in [4.69, 9.17) is 23.7 Å². The predicted octanol–water partition coefficient (Wildman–Crippen LogP) is 6.57. The number of carbonyl (C=O) groups is 2. The summed E-state index contributed by atoms with van der Waals surface area (Å²) in [7, 11) is 0. The first kappa shape index (κ1) is 33.9. The molecule has 0 fully saturated rings. The summed E-state index contributed by atoms with van der Waals surface area (Å²) in [4.78, 5) is 23.3. The van der Waals surface area contributed by atoms with Gasteiger partial charge in [0.1, 0.15) is 30.5 Å². The van der Waals surface area contributed by atoms with Gasteiger partial charge in [0.05, 0.1) is 19.8 Å². The summed E-state index contributed by atoms with van der Waals surface area (Å²) < 4.78 is 42.5. The predicted molar refractivity (Wildman–Crippen MR) is 165 cm³/mol. The van der Waals surface area contributed by atoms with Crippen LogP contribution in [0.4, 0.5) is 4.39 Å². The SMILES string of the molecule is C=C(C)C(=O)OCCOCc1ccc(-c2ccc(-c3ccc(OC(=O)C(=C)C)cc3)c(F)c2)cc1OCCOC(O)C(=C)C. The van der Waals surface area contributed by atoms with Gasteiger partial charge in [-0.1, -0.05) is 56.1 Å². The number of esters is 2. The molecule has 8 nitrogen and oxygen atoms in total. The van der Waals surface area contributed by atoms with Crippen molar-refractivity contribution in [3.8, 4) is 33.8 Å². The lowest BCUT2D eigenvalue weighted by atomic mass is 9.98. The summed E-state index contributed by atoms with van der Waals surface area (Å²) in [6, 6.07) is 16.9. The van der Waals surface area contributed by atoms with Crippen molar-refractivity contribution in [3.05, 3.63) is 109 Å². The van der Waals surface area contributed by atoms with Gasteiger partial charge in [-0.15, -0.1) is 0 Å². The molecule has 1 unspecified atom stereocenters. The normalized spacial score (nSPS) is 11.4. The molecule has 0 saturated carbocycles. The molecule has 1 N–H and O–H groups in total. The fourth-order valence-electron chi connectivity index (χ4n) is 3.77. The third-order valence-electron chi connectivity index (χ3n) is 6.20. The van der Waals surface area contributed by atoms with Crippen molar-refractivity contribution in [3.63, 3.8) is 0 Å². The zero-order valence-electron chi connectivity index (χ0n) is 25.2. The van der Waals surface area contributed by atoms with Crippen LogP contribution in [0.5, 0.6) is 11.5 Å². The highest BCUT2D eigenvalue weighted by atomic mass is 19.1. The standard InChI is InChI=1S/C35H37FO8/c1-22(2)33(37)42-16-15-40-21-28-8-7-27(20-32(28)41-17-18-43-34(38)23(3)4)26-11-14-30(31(36)19-26)25-9-12-29(13-10-25)44-35(39)24(5)6/h7-14,19-20,34,38H,1,3,5,15-18,21H2,2,4,6H3. The molecular weight excluding hydrogens is 567 g/mol. The van der Waals surface area contributed by atoms with Gasteiger partial charge < -0.3 is 28.8 Å². The smallest absolute Gasteiger partial charge is 0.338 e. The quantitative estimate of drug-likeness (QED) is 0.0490. The molecule has 9 heteroatoms.